The summed E-state index contributed by atoms with van der Waals surface area (Å²) < 4.78 is 24.6. The molecule has 266 valence electrons. The highest BCUT2D eigenvalue weighted by atomic mass is 32.2. The van der Waals surface area contributed by atoms with Gasteiger partial charge in [-0.25, -0.2) is 13.2 Å². The quantitative estimate of drug-likeness (QED) is 0.117. The van der Waals surface area contributed by atoms with Crippen LogP contribution in [0, 0.1) is 23.2 Å². The van der Waals surface area contributed by atoms with Crippen LogP contribution in [0.15, 0.2) is 12.7 Å². The lowest BCUT2D eigenvalue weighted by atomic mass is 9.83. The van der Waals surface area contributed by atoms with E-state index in [0.717, 1.165) is 38.4 Å². The lowest BCUT2D eigenvalue weighted by Gasteiger charge is -2.40. The number of ketones is 1. The molecule has 2 saturated carbocycles. The molecule has 3 fully saturated rings. The second-order valence-electron chi connectivity index (χ2n) is 15.5. The summed E-state index contributed by atoms with van der Waals surface area (Å²) in [6.07, 6.45) is 9.48. The minimum atomic E-state index is -3.39. The van der Waals surface area contributed by atoms with Gasteiger partial charge < -0.3 is 26.2 Å². The maximum atomic E-state index is 14.3. The van der Waals surface area contributed by atoms with E-state index in [1.807, 2.05) is 34.6 Å². The third kappa shape index (κ3) is 11.3. The van der Waals surface area contributed by atoms with Crippen LogP contribution in [0.2, 0.25) is 0 Å². The van der Waals surface area contributed by atoms with Crippen LogP contribution in [0.25, 0.3) is 0 Å². The van der Waals surface area contributed by atoms with Crippen LogP contribution in [-0.4, -0.2) is 91.6 Å². The van der Waals surface area contributed by atoms with Gasteiger partial charge in [-0.2, -0.15) is 0 Å². The number of nitrogens with one attached hydrogen (secondary N) is 4. The number of sulfone groups is 1. The molecule has 47 heavy (non-hydrogen) atoms. The van der Waals surface area contributed by atoms with Crippen molar-refractivity contribution in [2.75, 3.05) is 25.1 Å². The zero-order valence-electron chi connectivity index (χ0n) is 29.2. The first-order valence-electron chi connectivity index (χ1n) is 17.2. The Kier molecular flexibility index (Phi) is 13.1. The van der Waals surface area contributed by atoms with Crippen molar-refractivity contribution in [2.45, 2.75) is 122 Å². The normalized spacial score (nSPS) is 22.6. The lowest BCUT2D eigenvalue weighted by molar-refractivity contribution is -0.144. The molecule has 4 atom stereocenters. The Morgan fingerprint density at radius 1 is 1.02 bits per heavy atom. The minimum Gasteiger partial charge on any atom is -0.349 e. The van der Waals surface area contributed by atoms with Gasteiger partial charge in [-0.1, -0.05) is 72.8 Å². The zero-order chi connectivity index (χ0) is 35.2. The van der Waals surface area contributed by atoms with E-state index in [0.29, 0.717) is 38.6 Å². The fourth-order valence-corrected chi connectivity index (χ4v) is 8.19. The van der Waals surface area contributed by atoms with Gasteiger partial charge in [-0.05, 0) is 55.3 Å². The Morgan fingerprint density at radius 3 is 2.19 bits per heavy atom. The summed E-state index contributed by atoms with van der Waals surface area (Å²) in [5.41, 5.74) is -1.67. The number of nitrogens with zero attached hydrogens (tertiary/aromatic N) is 1. The Bertz CT molecular complexity index is 1280. The van der Waals surface area contributed by atoms with Gasteiger partial charge in [0.2, 0.25) is 17.6 Å². The molecule has 0 radical (unpaired) electrons. The average Bonchev–Trinajstić information content (AvgIpc) is 3.66. The first-order valence-corrected chi connectivity index (χ1v) is 19.2. The van der Waals surface area contributed by atoms with Gasteiger partial charge in [0.1, 0.15) is 21.9 Å². The van der Waals surface area contributed by atoms with E-state index in [1.165, 1.54) is 4.90 Å². The van der Waals surface area contributed by atoms with E-state index in [4.69, 9.17) is 0 Å². The van der Waals surface area contributed by atoms with Gasteiger partial charge >= 0.3 is 6.03 Å². The number of rotatable bonds is 15. The van der Waals surface area contributed by atoms with Crippen molar-refractivity contribution in [3.8, 4) is 0 Å². The van der Waals surface area contributed by atoms with Crippen LogP contribution in [0.5, 0.6) is 0 Å². The van der Waals surface area contributed by atoms with Crippen LogP contribution >= 0.6 is 0 Å². The second-order valence-corrected chi connectivity index (χ2v) is 17.6. The van der Waals surface area contributed by atoms with Crippen LogP contribution in [0.4, 0.5) is 4.79 Å². The molecule has 0 spiro atoms. The van der Waals surface area contributed by atoms with E-state index in [1.54, 1.807) is 6.08 Å². The van der Waals surface area contributed by atoms with E-state index >= 15 is 0 Å². The Balaban J connectivity index is 1.82. The number of amides is 5. The second kappa shape index (κ2) is 16.0. The van der Waals surface area contributed by atoms with Gasteiger partial charge in [-0.3, -0.25) is 19.2 Å². The first kappa shape index (κ1) is 38.5. The van der Waals surface area contributed by atoms with Gasteiger partial charge in [0.05, 0.1) is 17.3 Å². The summed E-state index contributed by atoms with van der Waals surface area (Å²) in [5.74, 6) is -2.15. The molecule has 3 rings (SSSR count). The van der Waals surface area contributed by atoms with E-state index < -0.39 is 68.5 Å². The molecule has 1 saturated heterocycles. The van der Waals surface area contributed by atoms with Crippen molar-refractivity contribution in [1.29, 1.82) is 0 Å². The number of hydrogen-bond donors (Lipinski definition) is 4. The van der Waals surface area contributed by atoms with Crippen molar-refractivity contribution in [2.24, 2.45) is 23.2 Å². The molecule has 3 aliphatic rings. The fraction of sp³-hybridized carbons (Fsp3) is 0.794. The summed E-state index contributed by atoms with van der Waals surface area (Å²) in [4.78, 5) is 69.0. The molecule has 5 amide bonds. The number of carbonyl (C=O) groups excluding carboxylic acids is 5. The summed E-state index contributed by atoms with van der Waals surface area (Å²) in [5, 5.41) is 11.2. The highest BCUT2D eigenvalue weighted by molar-refractivity contribution is 7.90. The van der Waals surface area contributed by atoms with Crippen molar-refractivity contribution in [3.63, 3.8) is 0 Å². The number of Topliss-reactive ketones (excluding diaryl/α,β-unsaturated/α-hetero) is 1. The van der Waals surface area contributed by atoms with Crippen molar-refractivity contribution < 1.29 is 32.4 Å². The van der Waals surface area contributed by atoms with Crippen LogP contribution in [0.3, 0.4) is 0 Å². The largest absolute Gasteiger partial charge is 0.349 e. The standard InChI is InChI=1S/C34H57N5O7S/c1-8-9-17-35-30(42)27(40)25(18-23-13-14-23)36-29(41)26-19-24(22(2)3)20-39(26)31(43)28(33(4,5)6)37-32(44)38-34(21-47(7,45)46)15-11-10-12-16-34/h8,22-26,28H,1,9-21H2,2-7H3,(H,35,42)(H,36,41)(H2,37,38,44)/t24?,25?,26-,28+/m0/s1. The van der Waals surface area contributed by atoms with E-state index in [9.17, 15) is 32.4 Å². The molecular weight excluding hydrogens is 622 g/mol. The van der Waals surface area contributed by atoms with Crippen molar-refractivity contribution in [1.82, 2.24) is 26.2 Å². The number of hydrogen-bond acceptors (Lipinski definition) is 7. The molecule has 12 nitrogen and oxygen atoms in total. The molecule has 2 aliphatic carbocycles. The predicted molar refractivity (Wildman–Crippen MR) is 181 cm³/mol. The van der Waals surface area contributed by atoms with E-state index in [2.05, 4.69) is 27.8 Å². The topological polar surface area (TPSA) is 171 Å². The highest BCUT2D eigenvalue weighted by Gasteiger charge is 2.47. The lowest BCUT2D eigenvalue weighted by Crippen LogP contribution is -2.63. The van der Waals surface area contributed by atoms with Crippen molar-refractivity contribution in [3.05, 3.63) is 12.7 Å². The van der Waals surface area contributed by atoms with Gasteiger partial charge in [-0.15, -0.1) is 6.58 Å². The minimum absolute atomic E-state index is 0.00389. The summed E-state index contributed by atoms with van der Waals surface area (Å²) >= 11 is 0. The monoisotopic (exact) mass is 679 g/mol. The smallest absolute Gasteiger partial charge is 0.315 e. The molecule has 0 aromatic rings. The molecule has 0 aromatic carbocycles. The van der Waals surface area contributed by atoms with Gasteiger partial charge in [0.25, 0.3) is 5.91 Å². The molecule has 4 N–H and O–H groups in total. The molecule has 0 aromatic heterocycles. The number of urea groups is 1. The van der Waals surface area contributed by atoms with Crippen LogP contribution < -0.4 is 21.3 Å². The van der Waals surface area contributed by atoms with E-state index in [-0.39, 0.29) is 30.1 Å². The Labute approximate surface area is 280 Å². The molecular formula is C34H57N5O7S. The summed E-state index contributed by atoms with van der Waals surface area (Å²) in [6.45, 7) is 13.7. The SMILES string of the molecule is C=CCCNC(=O)C(=O)C(CC1CC1)NC(=O)[C@@H]1CC(C(C)C)CN1C(=O)[C@@H](NC(=O)NC1(CS(C)(=O)=O)CCCCC1)C(C)(C)C. The fourth-order valence-electron chi connectivity index (χ4n) is 6.82. The first-order chi connectivity index (χ1) is 21.9. The summed E-state index contributed by atoms with van der Waals surface area (Å²) in [7, 11) is -3.39. The Morgan fingerprint density at radius 2 is 1.66 bits per heavy atom. The number of carbonyl (C=O) groups is 5. The molecule has 1 aliphatic heterocycles. The maximum absolute atomic E-state index is 14.3. The third-order valence-corrected chi connectivity index (χ3v) is 10.8. The number of likely N-dealkylation sites (tertiary alicyclic amines) is 1. The zero-order valence-corrected chi connectivity index (χ0v) is 30.0. The average molecular weight is 680 g/mol. The van der Waals surface area contributed by atoms with Gasteiger partial charge in [0.15, 0.2) is 0 Å². The summed E-state index contributed by atoms with van der Waals surface area (Å²) in [6, 6.07) is -3.54. The Hall–Kier alpha value is -2.96. The third-order valence-electron chi connectivity index (χ3n) is 9.73. The van der Waals surface area contributed by atoms with Crippen molar-refractivity contribution >= 4 is 39.4 Å². The van der Waals surface area contributed by atoms with Gasteiger partial charge in [0, 0.05) is 19.3 Å². The van der Waals surface area contributed by atoms with Crippen LogP contribution in [-0.2, 0) is 29.0 Å². The maximum Gasteiger partial charge on any atom is 0.315 e. The predicted octanol–water partition coefficient (Wildman–Crippen LogP) is 2.87. The molecule has 13 heteroatoms. The molecule has 2 unspecified atom stereocenters. The molecule has 1 heterocycles. The van der Waals surface area contributed by atoms with Crippen LogP contribution in [0.1, 0.15) is 98.8 Å². The highest BCUT2D eigenvalue weighted by Crippen LogP contribution is 2.35. The molecule has 0 bridgehead atoms.